The van der Waals surface area contributed by atoms with Crippen LogP contribution >= 0.6 is 0 Å². The standard InChI is InChI=1S/C13H18N2O5S/c1-19-10-4-3-5-11(20-2)13(10)15-7-9(6-12(15)16)8-21(14,17)18/h3-5,9H,6-8H2,1-2H3,(H2,14,17,18). The van der Waals surface area contributed by atoms with Crippen molar-refractivity contribution in [1.82, 2.24) is 0 Å². The molecular weight excluding hydrogens is 296 g/mol. The zero-order valence-corrected chi connectivity index (χ0v) is 12.7. The van der Waals surface area contributed by atoms with Crippen molar-refractivity contribution in [3.05, 3.63) is 18.2 Å². The van der Waals surface area contributed by atoms with E-state index in [1.807, 2.05) is 0 Å². The Morgan fingerprint density at radius 3 is 2.33 bits per heavy atom. The number of hydrogen-bond donors (Lipinski definition) is 1. The van der Waals surface area contributed by atoms with E-state index in [1.165, 1.54) is 19.1 Å². The Bertz CT molecular complexity index is 622. The summed E-state index contributed by atoms with van der Waals surface area (Å²) in [6, 6.07) is 5.19. The minimum Gasteiger partial charge on any atom is -0.494 e. The number of nitrogens with two attached hydrogens (primary N) is 1. The fourth-order valence-corrected chi connectivity index (χ4v) is 3.42. The Labute approximate surface area is 123 Å². The van der Waals surface area contributed by atoms with Crippen LogP contribution in [0.15, 0.2) is 18.2 Å². The number of amides is 1. The van der Waals surface area contributed by atoms with Crippen LogP contribution in [0.25, 0.3) is 0 Å². The lowest BCUT2D eigenvalue weighted by atomic mass is 10.1. The topological polar surface area (TPSA) is 98.9 Å². The van der Waals surface area contributed by atoms with E-state index in [2.05, 4.69) is 0 Å². The van der Waals surface area contributed by atoms with Gasteiger partial charge in [0, 0.05) is 18.9 Å². The molecule has 1 aliphatic rings. The van der Waals surface area contributed by atoms with Crippen molar-refractivity contribution in [2.45, 2.75) is 6.42 Å². The van der Waals surface area contributed by atoms with Crippen molar-refractivity contribution in [1.29, 1.82) is 0 Å². The average molecular weight is 314 g/mol. The Kier molecular flexibility index (Phi) is 4.38. The number of ether oxygens (including phenoxy) is 2. The van der Waals surface area contributed by atoms with Gasteiger partial charge >= 0.3 is 0 Å². The molecule has 116 valence electrons. The molecule has 2 N–H and O–H groups in total. The first kappa shape index (κ1) is 15.6. The molecule has 1 atom stereocenters. The number of hydrogen-bond acceptors (Lipinski definition) is 5. The quantitative estimate of drug-likeness (QED) is 0.845. The van der Waals surface area contributed by atoms with Crippen LogP contribution < -0.4 is 19.5 Å². The summed E-state index contributed by atoms with van der Waals surface area (Å²) in [7, 11) is -0.608. The summed E-state index contributed by atoms with van der Waals surface area (Å²) in [5.74, 6) is 0.277. The van der Waals surface area contributed by atoms with E-state index in [9.17, 15) is 13.2 Å². The molecule has 0 bridgehead atoms. The molecule has 1 aromatic carbocycles. The number of carbonyl (C=O) groups excluding carboxylic acids is 1. The predicted molar refractivity (Wildman–Crippen MR) is 78.0 cm³/mol. The maximum Gasteiger partial charge on any atom is 0.227 e. The smallest absolute Gasteiger partial charge is 0.227 e. The van der Waals surface area contributed by atoms with Crippen molar-refractivity contribution >= 4 is 21.6 Å². The molecule has 1 aromatic rings. The van der Waals surface area contributed by atoms with Crippen LogP contribution in [0.4, 0.5) is 5.69 Å². The summed E-state index contributed by atoms with van der Waals surface area (Å²) in [5.41, 5.74) is 0.518. The number of anilines is 1. The monoisotopic (exact) mass is 314 g/mol. The van der Waals surface area contributed by atoms with Gasteiger partial charge in [-0.1, -0.05) is 6.07 Å². The summed E-state index contributed by atoms with van der Waals surface area (Å²) in [5, 5.41) is 5.05. The number of nitrogens with zero attached hydrogens (tertiary/aromatic N) is 1. The highest BCUT2D eigenvalue weighted by Crippen LogP contribution is 2.40. The Hall–Kier alpha value is -1.80. The van der Waals surface area contributed by atoms with E-state index in [0.29, 0.717) is 17.2 Å². The van der Waals surface area contributed by atoms with Gasteiger partial charge in [0.2, 0.25) is 15.9 Å². The highest BCUT2D eigenvalue weighted by atomic mass is 32.2. The van der Waals surface area contributed by atoms with Crippen LogP contribution in [0.3, 0.4) is 0 Å². The van der Waals surface area contributed by atoms with E-state index in [1.54, 1.807) is 18.2 Å². The molecule has 1 heterocycles. The average Bonchev–Trinajstić information content (AvgIpc) is 2.75. The first-order valence-corrected chi connectivity index (χ1v) is 8.09. The maximum atomic E-state index is 12.2. The number of carbonyl (C=O) groups is 1. The van der Waals surface area contributed by atoms with E-state index >= 15 is 0 Å². The largest absolute Gasteiger partial charge is 0.494 e. The van der Waals surface area contributed by atoms with Crippen molar-refractivity contribution in [2.75, 3.05) is 31.4 Å². The minimum absolute atomic E-state index is 0.137. The summed E-state index contributed by atoms with van der Waals surface area (Å²) in [4.78, 5) is 13.7. The number of rotatable bonds is 5. The molecule has 0 spiro atoms. The van der Waals surface area contributed by atoms with Crippen molar-refractivity contribution < 1.29 is 22.7 Å². The van der Waals surface area contributed by atoms with Gasteiger partial charge in [-0.3, -0.25) is 4.79 Å². The van der Waals surface area contributed by atoms with Crippen LogP contribution in [0.2, 0.25) is 0 Å². The van der Waals surface area contributed by atoms with Crippen LogP contribution in [0.1, 0.15) is 6.42 Å². The molecule has 1 unspecified atom stereocenters. The number of benzene rings is 1. The normalized spacial score (nSPS) is 18.9. The lowest BCUT2D eigenvalue weighted by Crippen LogP contribution is -2.28. The van der Waals surface area contributed by atoms with Crippen molar-refractivity contribution in [3.63, 3.8) is 0 Å². The number of primary sulfonamides is 1. The first-order chi connectivity index (χ1) is 9.85. The molecule has 1 amide bonds. The third-order valence-electron chi connectivity index (χ3n) is 3.34. The zero-order chi connectivity index (χ0) is 15.6. The molecular formula is C13H18N2O5S. The van der Waals surface area contributed by atoms with E-state index in [-0.39, 0.29) is 30.5 Å². The summed E-state index contributed by atoms with van der Waals surface area (Å²) >= 11 is 0. The summed E-state index contributed by atoms with van der Waals surface area (Å²) < 4.78 is 32.9. The van der Waals surface area contributed by atoms with E-state index in [0.717, 1.165) is 0 Å². The van der Waals surface area contributed by atoms with Crippen LogP contribution in [0.5, 0.6) is 11.5 Å². The van der Waals surface area contributed by atoms with E-state index in [4.69, 9.17) is 14.6 Å². The van der Waals surface area contributed by atoms with Crippen LogP contribution in [-0.4, -0.2) is 40.8 Å². The molecule has 0 aliphatic carbocycles. The maximum absolute atomic E-state index is 12.2. The second-order valence-corrected chi connectivity index (χ2v) is 6.57. The van der Waals surface area contributed by atoms with Crippen molar-refractivity contribution in [3.8, 4) is 11.5 Å². The van der Waals surface area contributed by atoms with Gasteiger partial charge < -0.3 is 14.4 Å². The van der Waals surface area contributed by atoms with Gasteiger partial charge in [-0.05, 0) is 12.1 Å². The number of para-hydroxylation sites is 1. The molecule has 0 radical (unpaired) electrons. The molecule has 0 aromatic heterocycles. The number of sulfonamides is 1. The van der Waals surface area contributed by atoms with Gasteiger partial charge in [0.05, 0.1) is 20.0 Å². The number of methoxy groups -OCH3 is 2. The van der Waals surface area contributed by atoms with Crippen molar-refractivity contribution in [2.24, 2.45) is 11.1 Å². The highest BCUT2D eigenvalue weighted by Gasteiger charge is 2.35. The molecule has 21 heavy (non-hydrogen) atoms. The lowest BCUT2D eigenvalue weighted by Gasteiger charge is -2.22. The highest BCUT2D eigenvalue weighted by molar-refractivity contribution is 7.89. The van der Waals surface area contributed by atoms with Crippen LogP contribution in [-0.2, 0) is 14.8 Å². The second-order valence-electron chi connectivity index (χ2n) is 4.92. The Morgan fingerprint density at radius 2 is 1.86 bits per heavy atom. The third-order valence-corrected chi connectivity index (χ3v) is 4.28. The Balaban J connectivity index is 2.33. The molecule has 0 saturated carbocycles. The minimum atomic E-state index is -3.61. The van der Waals surface area contributed by atoms with Crippen LogP contribution in [0, 0.1) is 5.92 Å². The molecule has 1 fully saturated rings. The fourth-order valence-electron chi connectivity index (χ4n) is 2.54. The molecule has 2 rings (SSSR count). The molecule has 1 saturated heterocycles. The van der Waals surface area contributed by atoms with Gasteiger partial charge in [-0.15, -0.1) is 0 Å². The SMILES string of the molecule is COc1cccc(OC)c1N1CC(CS(N)(=O)=O)CC1=O. The zero-order valence-electron chi connectivity index (χ0n) is 11.9. The van der Waals surface area contributed by atoms with Gasteiger partial charge in [0.1, 0.15) is 17.2 Å². The predicted octanol–water partition coefficient (Wildman–Crippen LogP) is 0.345. The summed E-state index contributed by atoms with van der Waals surface area (Å²) in [6.07, 6.45) is 0.137. The third kappa shape index (κ3) is 3.45. The molecule has 1 aliphatic heterocycles. The van der Waals surface area contributed by atoms with Gasteiger partial charge in [-0.25, -0.2) is 13.6 Å². The second kappa shape index (κ2) is 5.90. The van der Waals surface area contributed by atoms with E-state index < -0.39 is 10.0 Å². The molecule has 8 heteroatoms. The van der Waals surface area contributed by atoms with Gasteiger partial charge in [0.25, 0.3) is 0 Å². The molecule has 7 nitrogen and oxygen atoms in total. The lowest BCUT2D eigenvalue weighted by molar-refractivity contribution is -0.117. The fraction of sp³-hybridized carbons (Fsp3) is 0.462. The van der Waals surface area contributed by atoms with Gasteiger partial charge in [-0.2, -0.15) is 0 Å². The first-order valence-electron chi connectivity index (χ1n) is 6.37. The summed E-state index contributed by atoms with van der Waals surface area (Å²) in [6.45, 7) is 0.270. The van der Waals surface area contributed by atoms with Gasteiger partial charge in [0.15, 0.2) is 0 Å². The Morgan fingerprint density at radius 1 is 1.29 bits per heavy atom.